The van der Waals surface area contributed by atoms with Crippen LogP contribution in [0.1, 0.15) is 0 Å². The largest absolute Gasteiger partial charge is 0.508 e. The van der Waals surface area contributed by atoms with E-state index in [1.165, 1.54) is 12.1 Å². The summed E-state index contributed by atoms with van der Waals surface area (Å²) in [5.74, 6) is -1.95. The molecule has 6 N–H and O–H groups in total. The molecule has 1 heterocycles. The van der Waals surface area contributed by atoms with Crippen molar-refractivity contribution in [1.29, 1.82) is 0 Å². The average molecular weight is 304 g/mol. The van der Waals surface area contributed by atoms with Crippen LogP contribution in [0.4, 0.5) is 0 Å². The topological polar surface area (TPSA) is 143 Å². The summed E-state index contributed by atoms with van der Waals surface area (Å²) in [5, 5.41) is 38.7. The van der Waals surface area contributed by atoms with Crippen molar-refractivity contribution in [2.75, 3.05) is 0 Å². The predicted molar refractivity (Wildman–Crippen MR) is 78.2 cm³/mol. The molecule has 0 bridgehead atoms. The first kappa shape index (κ1) is 15.2. The molecule has 3 aromatic rings. The van der Waals surface area contributed by atoms with Crippen molar-refractivity contribution in [2.24, 2.45) is 0 Å². The van der Waals surface area contributed by atoms with Gasteiger partial charge in [-0.25, -0.2) is 0 Å². The number of phenolic OH excluding ortho intramolecular Hbond substituents is 3. The zero-order valence-electron chi connectivity index (χ0n) is 11.1. The van der Waals surface area contributed by atoms with Gasteiger partial charge in [0.15, 0.2) is 5.76 Å². The summed E-state index contributed by atoms with van der Waals surface area (Å²) in [7, 11) is 0. The fraction of sp³-hybridized carbons (Fsp3) is 0. The second-order valence-corrected chi connectivity index (χ2v) is 4.46. The third-order valence-corrected chi connectivity index (χ3v) is 3.08. The van der Waals surface area contributed by atoms with Gasteiger partial charge in [0.25, 0.3) is 0 Å². The Hall–Kier alpha value is -3.19. The van der Waals surface area contributed by atoms with Gasteiger partial charge in [0.05, 0.1) is 5.56 Å². The maximum absolute atomic E-state index is 12.1. The zero-order valence-corrected chi connectivity index (χ0v) is 11.1. The third kappa shape index (κ3) is 2.19. The minimum Gasteiger partial charge on any atom is -0.508 e. The monoisotopic (exact) mass is 304 g/mol. The molecule has 114 valence electrons. The van der Waals surface area contributed by atoms with Crippen molar-refractivity contribution in [3.63, 3.8) is 0 Å². The number of hydrogen-bond donors (Lipinski definition) is 4. The number of hydrogen-bond acceptors (Lipinski definition) is 6. The van der Waals surface area contributed by atoms with Crippen molar-refractivity contribution in [1.82, 2.24) is 0 Å². The number of fused-ring (bicyclic) bond motifs is 1. The Labute approximate surface area is 123 Å². The van der Waals surface area contributed by atoms with Crippen molar-refractivity contribution in [2.45, 2.75) is 0 Å². The van der Waals surface area contributed by atoms with Gasteiger partial charge in [-0.3, -0.25) is 4.79 Å². The molecule has 0 aliphatic carbocycles. The molecule has 7 heteroatoms. The number of phenols is 3. The molecule has 0 amide bonds. The maximum Gasteiger partial charge on any atom is 0.238 e. The standard InChI is InChI=1S/C15H10O6.H2O/c16-7-5-10(18)12-11(6-7)21-15(14(20)13(12)19)8-3-1-2-4-9(8)17;/h1-6,16-18,20H;1H2. The summed E-state index contributed by atoms with van der Waals surface area (Å²) in [5.41, 5.74) is -0.836. The summed E-state index contributed by atoms with van der Waals surface area (Å²) in [6, 6.07) is 8.11. The van der Waals surface area contributed by atoms with E-state index in [-0.39, 0.29) is 39.3 Å². The Balaban J connectivity index is 0.00000176. The molecular weight excluding hydrogens is 292 g/mol. The van der Waals surface area contributed by atoms with Gasteiger partial charge in [-0.05, 0) is 12.1 Å². The molecule has 1 aromatic heterocycles. The van der Waals surface area contributed by atoms with E-state index in [1.54, 1.807) is 12.1 Å². The van der Waals surface area contributed by atoms with Crippen LogP contribution < -0.4 is 5.43 Å². The van der Waals surface area contributed by atoms with E-state index in [0.29, 0.717) is 0 Å². The first-order valence-corrected chi connectivity index (χ1v) is 5.99. The average Bonchev–Trinajstić information content (AvgIpc) is 2.43. The van der Waals surface area contributed by atoms with Crippen molar-refractivity contribution in [3.8, 4) is 34.3 Å². The highest BCUT2D eigenvalue weighted by molar-refractivity contribution is 5.88. The van der Waals surface area contributed by atoms with Crippen LogP contribution in [0.2, 0.25) is 0 Å². The fourth-order valence-electron chi connectivity index (χ4n) is 2.12. The lowest BCUT2D eigenvalue weighted by molar-refractivity contribution is 0.435. The first-order valence-electron chi connectivity index (χ1n) is 5.99. The highest BCUT2D eigenvalue weighted by Gasteiger charge is 2.20. The Kier molecular flexibility index (Phi) is 3.66. The molecule has 0 unspecified atom stereocenters. The first-order chi connectivity index (χ1) is 9.99. The van der Waals surface area contributed by atoms with Crippen LogP contribution in [0.25, 0.3) is 22.3 Å². The van der Waals surface area contributed by atoms with Gasteiger partial charge in [-0.15, -0.1) is 0 Å². The van der Waals surface area contributed by atoms with Crippen LogP contribution in [-0.2, 0) is 0 Å². The minimum absolute atomic E-state index is 0. The summed E-state index contributed by atoms with van der Waals surface area (Å²) < 4.78 is 5.37. The Morgan fingerprint density at radius 2 is 1.59 bits per heavy atom. The Morgan fingerprint density at radius 1 is 0.909 bits per heavy atom. The lowest BCUT2D eigenvalue weighted by Gasteiger charge is -2.08. The highest BCUT2D eigenvalue weighted by Crippen LogP contribution is 2.37. The van der Waals surface area contributed by atoms with Gasteiger partial charge in [0.2, 0.25) is 11.2 Å². The summed E-state index contributed by atoms with van der Waals surface area (Å²) in [6.07, 6.45) is 0. The van der Waals surface area contributed by atoms with Crippen molar-refractivity contribution >= 4 is 11.0 Å². The molecule has 0 aliphatic rings. The van der Waals surface area contributed by atoms with Gasteiger partial charge >= 0.3 is 0 Å². The summed E-state index contributed by atoms with van der Waals surface area (Å²) in [6.45, 7) is 0. The number of para-hydroxylation sites is 1. The molecule has 0 saturated heterocycles. The molecular formula is C15H12O7. The van der Waals surface area contributed by atoms with Gasteiger partial charge in [-0.2, -0.15) is 0 Å². The molecule has 0 atom stereocenters. The quantitative estimate of drug-likeness (QED) is 0.536. The summed E-state index contributed by atoms with van der Waals surface area (Å²) >= 11 is 0. The van der Waals surface area contributed by atoms with Crippen molar-refractivity contribution < 1.29 is 30.3 Å². The number of benzene rings is 2. The van der Waals surface area contributed by atoms with Gasteiger partial charge < -0.3 is 30.3 Å². The van der Waals surface area contributed by atoms with E-state index in [4.69, 9.17) is 4.42 Å². The van der Waals surface area contributed by atoms with E-state index in [0.717, 1.165) is 12.1 Å². The SMILES string of the molecule is O.O=c1c(O)c(-c2ccccc2O)oc2cc(O)cc(O)c12. The molecule has 3 rings (SSSR count). The normalized spacial score (nSPS) is 10.4. The van der Waals surface area contributed by atoms with Crippen LogP contribution >= 0.6 is 0 Å². The van der Waals surface area contributed by atoms with E-state index in [1.807, 2.05) is 0 Å². The Bertz CT molecular complexity index is 912. The molecule has 0 radical (unpaired) electrons. The predicted octanol–water partition coefficient (Wildman–Crippen LogP) is 1.46. The van der Waals surface area contributed by atoms with Crippen LogP contribution in [-0.4, -0.2) is 25.9 Å². The lowest BCUT2D eigenvalue weighted by atomic mass is 10.1. The summed E-state index contributed by atoms with van der Waals surface area (Å²) in [4.78, 5) is 12.1. The van der Waals surface area contributed by atoms with Gasteiger partial charge in [-0.1, -0.05) is 12.1 Å². The second kappa shape index (κ2) is 5.30. The number of aromatic hydroxyl groups is 4. The van der Waals surface area contributed by atoms with E-state index >= 15 is 0 Å². The molecule has 0 fully saturated rings. The maximum atomic E-state index is 12.1. The Morgan fingerprint density at radius 3 is 2.27 bits per heavy atom. The number of rotatable bonds is 1. The molecule has 0 spiro atoms. The van der Waals surface area contributed by atoms with Crippen LogP contribution in [0.5, 0.6) is 23.0 Å². The molecule has 0 saturated carbocycles. The second-order valence-electron chi connectivity index (χ2n) is 4.46. The zero-order chi connectivity index (χ0) is 15.1. The van der Waals surface area contributed by atoms with Gasteiger partial charge in [0.1, 0.15) is 28.2 Å². The van der Waals surface area contributed by atoms with Crippen LogP contribution in [0.3, 0.4) is 0 Å². The van der Waals surface area contributed by atoms with E-state index < -0.39 is 16.9 Å². The minimum atomic E-state index is -0.855. The van der Waals surface area contributed by atoms with E-state index in [9.17, 15) is 25.2 Å². The lowest BCUT2D eigenvalue weighted by Crippen LogP contribution is -2.03. The van der Waals surface area contributed by atoms with Crippen LogP contribution in [0.15, 0.2) is 45.6 Å². The van der Waals surface area contributed by atoms with E-state index in [2.05, 4.69) is 0 Å². The van der Waals surface area contributed by atoms with Crippen LogP contribution in [0, 0.1) is 0 Å². The van der Waals surface area contributed by atoms with Gasteiger partial charge in [0, 0.05) is 12.1 Å². The third-order valence-electron chi connectivity index (χ3n) is 3.08. The smallest absolute Gasteiger partial charge is 0.238 e. The molecule has 2 aromatic carbocycles. The van der Waals surface area contributed by atoms with Crippen molar-refractivity contribution in [3.05, 3.63) is 46.6 Å². The fourth-order valence-corrected chi connectivity index (χ4v) is 2.12. The highest BCUT2D eigenvalue weighted by atomic mass is 16.4. The molecule has 22 heavy (non-hydrogen) atoms. The molecule has 0 aliphatic heterocycles. The molecule has 7 nitrogen and oxygen atoms in total.